The lowest BCUT2D eigenvalue weighted by atomic mass is 10.1. The zero-order valence-electron chi connectivity index (χ0n) is 11.4. The number of halogens is 1. The number of aliphatic hydroxyl groups excluding tert-OH is 1. The highest BCUT2D eigenvalue weighted by Gasteiger charge is 2.12. The van der Waals surface area contributed by atoms with Crippen LogP contribution in [0.25, 0.3) is 0 Å². The molecule has 1 aromatic rings. The van der Waals surface area contributed by atoms with Crippen LogP contribution in [0.2, 0.25) is 0 Å². The molecule has 0 heterocycles. The molecule has 1 N–H and O–H groups in total. The second-order valence-electron chi connectivity index (χ2n) is 5.17. The van der Waals surface area contributed by atoms with Crippen molar-refractivity contribution in [2.24, 2.45) is 0 Å². The van der Waals surface area contributed by atoms with Crippen molar-refractivity contribution in [1.82, 2.24) is 0 Å². The predicted molar refractivity (Wildman–Crippen MR) is 68.2 cm³/mol. The van der Waals surface area contributed by atoms with Crippen molar-refractivity contribution < 1.29 is 19.0 Å². The summed E-state index contributed by atoms with van der Waals surface area (Å²) in [5, 5.41) is 9.54. The smallest absolute Gasteiger partial charge is 0.125 e. The fourth-order valence-corrected chi connectivity index (χ4v) is 1.48. The van der Waals surface area contributed by atoms with E-state index >= 15 is 0 Å². The van der Waals surface area contributed by atoms with Gasteiger partial charge in [-0.25, -0.2) is 4.39 Å². The Kier molecular flexibility index (Phi) is 5.11. The van der Waals surface area contributed by atoms with Crippen LogP contribution in [0.15, 0.2) is 18.2 Å². The molecular formula is C14H21FO3. The molecule has 4 heteroatoms. The first-order valence-electron chi connectivity index (χ1n) is 6.04. The summed E-state index contributed by atoms with van der Waals surface area (Å²) >= 11 is 0. The van der Waals surface area contributed by atoms with Crippen molar-refractivity contribution >= 4 is 0 Å². The number of hydrogen-bond donors (Lipinski definition) is 1. The monoisotopic (exact) mass is 256 g/mol. The van der Waals surface area contributed by atoms with Crippen LogP contribution < -0.4 is 4.74 Å². The number of rotatable bonds is 5. The van der Waals surface area contributed by atoms with Gasteiger partial charge in [-0.15, -0.1) is 0 Å². The molecule has 0 aliphatic rings. The van der Waals surface area contributed by atoms with Gasteiger partial charge in [0.1, 0.15) is 18.2 Å². The topological polar surface area (TPSA) is 38.7 Å². The summed E-state index contributed by atoms with van der Waals surface area (Å²) in [7, 11) is 0. The van der Waals surface area contributed by atoms with E-state index in [9.17, 15) is 9.50 Å². The van der Waals surface area contributed by atoms with Crippen LogP contribution in [0.5, 0.6) is 5.75 Å². The molecule has 0 saturated carbocycles. The van der Waals surface area contributed by atoms with Crippen molar-refractivity contribution in [3.05, 3.63) is 29.6 Å². The summed E-state index contributed by atoms with van der Waals surface area (Å²) in [5.41, 5.74) is 0.241. The van der Waals surface area contributed by atoms with Gasteiger partial charge in [0.2, 0.25) is 0 Å². The average molecular weight is 256 g/mol. The third-order valence-corrected chi connectivity index (χ3v) is 2.30. The molecule has 1 aromatic carbocycles. The summed E-state index contributed by atoms with van der Waals surface area (Å²) < 4.78 is 24.1. The molecule has 0 bridgehead atoms. The van der Waals surface area contributed by atoms with Gasteiger partial charge < -0.3 is 14.6 Å². The highest BCUT2D eigenvalue weighted by atomic mass is 19.1. The van der Waals surface area contributed by atoms with Crippen LogP contribution in [0.4, 0.5) is 4.39 Å². The number of hydrogen-bond acceptors (Lipinski definition) is 3. The first-order valence-corrected chi connectivity index (χ1v) is 6.04. The van der Waals surface area contributed by atoms with Crippen molar-refractivity contribution in [1.29, 1.82) is 0 Å². The van der Waals surface area contributed by atoms with Crippen molar-refractivity contribution in [3.63, 3.8) is 0 Å². The van der Waals surface area contributed by atoms with E-state index < -0.39 is 6.10 Å². The third-order valence-electron chi connectivity index (χ3n) is 2.30. The van der Waals surface area contributed by atoms with Gasteiger partial charge in [-0.3, -0.25) is 0 Å². The summed E-state index contributed by atoms with van der Waals surface area (Å²) in [6.45, 7) is 8.28. The van der Waals surface area contributed by atoms with Gasteiger partial charge in [0.25, 0.3) is 0 Å². The minimum atomic E-state index is -0.765. The fraction of sp³-hybridized carbons (Fsp3) is 0.571. The first kappa shape index (κ1) is 14.9. The first-order chi connectivity index (χ1) is 8.29. The van der Waals surface area contributed by atoms with E-state index in [2.05, 4.69) is 0 Å². The lowest BCUT2D eigenvalue weighted by molar-refractivity contribution is -0.0166. The standard InChI is InChI=1S/C14H21FO3/c1-10(16)12-9-11(15)5-6-13(12)17-7-8-18-14(2,3)4/h5-6,9-10,16H,7-8H2,1-4H3. The van der Waals surface area contributed by atoms with Crippen LogP contribution in [-0.4, -0.2) is 23.9 Å². The van der Waals surface area contributed by atoms with Gasteiger partial charge in [0.05, 0.1) is 18.3 Å². The van der Waals surface area contributed by atoms with Crippen LogP contribution >= 0.6 is 0 Å². The van der Waals surface area contributed by atoms with E-state index in [4.69, 9.17) is 9.47 Å². The second-order valence-corrected chi connectivity index (χ2v) is 5.17. The van der Waals surface area contributed by atoms with E-state index in [0.29, 0.717) is 24.5 Å². The van der Waals surface area contributed by atoms with Gasteiger partial charge in [0, 0.05) is 5.56 Å². The minimum absolute atomic E-state index is 0.209. The molecule has 1 rings (SSSR count). The summed E-state index contributed by atoms with van der Waals surface area (Å²) in [5.74, 6) is 0.105. The largest absolute Gasteiger partial charge is 0.491 e. The van der Waals surface area contributed by atoms with E-state index in [-0.39, 0.29) is 11.4 Å². The molecule has 0 amide bonds. The van der Waals surface area contributed by atoms with Crippen LogP contribution in [0, 0.1) is 5.82 Å². The van der Waals surface area contributed by atoms with Crippen LogP contribution in [0.1, 0.15) is 39.4 Å². The molecule has 0 fully saturated rings. The molecule has 102 valence electrons. The Morgan fingerprint density at radius 1 is 1.28 bits per heavy atom. The number of ether oxygens (including phenoxy) is 2. The Morgan fingerprint density at radius 3 is 2.50 bits per heavy atom. The second kappa shape index (κ2) is 6.16. The molecule has 0 saturated heterocycles. The SMILES string of the molecule is CC(O)c1cc(F)ccc1OCCOC(C)(C)C. The van der Waals surface area contributed by atoms with Gasteiger partial charge in [-0.2, -0.15) is 0 Å². The maximum absolute atomic E-state index is 13.1. The molecule has 0 aliphatic heterocycles. The van der Waals surface area contributed by atoms with E-state index in [1.54, 1.807) is 6.92 Å². The zero-order chi connectivity index (χ0) is 13.8. The number of benzene rings is 1. The van der Waals surface area contributed by atoms with Crippen LogP contribution in [-0.2, 0) is 4.74 Å². The van der Waals surface area contributed by atoms with E-state index in [1.165, 1.54) is 18.2 Å². The van der Waals surface area contributed by atoms with Gasteiger partial charge in [0.15, 0.2) is 0 Å². The molecule has 0 aromatic heterocycles. The lowest BCUT2D eigenvalue weighted by Crippen LogP contribution is -2.22. The quantitative estimate of drug-likeness (QED) is 0.823. The molecule has 18 heavy (non-hydrogen) atoms. The number of aliphatic hydroxyl groups is 1. The highest BCUT2D eigenvalue weighted by Crippen LogP contribution is 2.25. The summed E-state index contributed by atoms with van der Waals surface area (Å²) in [6.07, 6.45) is -0.765. The Bertz CT molecular complexity index is 383. The maximum atomic E-state index is 13.1. The molecule has 0 radical (unpaired) electrons. The molecule has 0 spiro atoms. The predicted octanol–water partition coefficient (Wildman–Crippen LogP) is 3.07. The molecule has 1 unspecified atom stereocenters. The summed E-state index contributed by atoms with van der Waals surface area (Å²) in [6, 6.07) is 4.12. The molecule has 0 aliphatic carbocycles. The maximum Gasteiger partial charge on any atom is 0.125 e. The Hall–Kier alpha value is -1.13. The minimum Gasteiger partial charge on any atom is -0.491 e. The van der Waals surface area contributed by atoms with E-state index in [0.717, 1.165) is 0 Å². The molecular weight excluding hydrogens is 235 g/mol. The van der Waals surface area contributed by atoms with E-state index in [1.807, 2.05) is 20.8 Å². The highest BCUT2D eigenvalue weighted by molar-refractivity contribution is 5.35. The van der Waals surface area contributed by atoms with Crippen molar-refractivity contribution in [2.45, 2.75) is 39.4 Å². The molecule has 3 nitrogen and oxygen atoms in total. The Labute approximate surface area is 108 Å². The Balaban J connectivity index is 2.57. The third kappa shape index (κ3) is 5.02. The zero-order valence-corrected chi connectivity index (χ0v) is 11.4. The van der Waals surface area contributed by atoms with Gasteiger partial charge >= 0.3 is 0 Å². The van der Waals surface area contributed by atoms with Crippen molar-refractivity contribution in [2.75, 3.05) is 13.2 Å². The van der Waals surface area contributed by atoms with Crippen LogP contribution in [0.3, 0.4) is 0 Å². The fourth-order valence-electron chi connectivity index (χ4n) is 1.48. The van der Waals surface area contributed by atoms with Crippen molar-refractivity contribution in [3.8, 4) is 5.75 Å². The lowest BCUT2D eigenvalue weighted by Gasteiger charge is -2.20. The molecule has 1 atom stereocenters. The Morgan fingerprint density at radius 2 is 1.94 bits per heavy atom. The van der Waals surface area contributed by atoms with Gasteiger partial charge in [-0.05, 0) is 45.9 Å². The summed E-state index contributed by atoms with van der Waals surface area (Å²) in [4.78, 5) is 0. The van der Waals surface area contributed by atoms with Gasteiger partial charge in [-0.1, -0.05) is 0 Å². The normalized spacial score (nSPS) is 13.4. The average Bonchev–Trinajstić information content (AvgIpc) is 2.24.